The van der Waals surface area contributed by atoms with Gasteiger partial charge in [-0.1, -0.05) is 11.2 Å². The molecule has 0 radical (unpaired) electrons. The third-order valence-electron chi connectivity index (χ3n) is 7.14. The molecule has 0 unspecified atom stereocenters. The average Bonchev–Trinajstić information content (AvgIpc) is 2.85. The summed E-state index contributed by atoms with van der Waals surface area (Å²) < 4.78 is 0. The van der Waals surface area contributed by atoms with Gasteiger partial charge in [-0.15, -0.1) is 0 Å². The third kappa shape index (κ3) is 6.38. The summed E-state index contributed by atoms with van der Waals surface area (Å²) in [6, 6.07) is 9.90. The van der Waals surface area contributed by atoms with Crippen molar-refractivity contribution in [2.24, 2.45) is 22.9 Å². The van der Waals surface area contributed by atoms with Crippen LogP contribution in [0.1, 0.15) is 49.8 Å². The van der Waals surface area contributed by atoms with Crippen LogP contribution >= 0.6 is 0 Å². The fraction of sp³-hybridized carbons (Fsp3) is 0.538. The van der Waals surface area contributed by atoms with Crippen LogP contribution in [-0.4, -0.2) is 46.6 Å². The number of aromatic nitrogens is 2. The first-order valence-electron chi connectivity index (χ1n) is 12.1. The van der Waals surface area contributed by atoms with Gasteiger partial charge in [0.2, 0.25) is 0 Å². The molecule has 0 spiro atoms. The van der Waals surface area contributed by atoms with Crippen molar-refractivity contribution in [1.82, 2.24) is 14.9 Å². The molecule has 1 saturated heterocycles. The summed E-state index contributed by atoms with van der Waals surface area (Å²) in [7, 11) is 1.60. The quantitative estimate of drug-likeness (QED) is 0.485. The predicted octanol–water partition coefficient (Wildman–Crippen LogP) is 3.89. The van der Waals surface area contributed by atoms with E-state index in [0.29, 0.717) is 23.9 Å². The monoisotopic (exact) mass is 449 g/mol. The van der Waals surface area contributed by atoms with E-state index in [9.17, 15) is 4.79 Å². The summed E-state index contributed by atoms with van der Waals surface area (Å²) in [6.45, 7) is 2.79. The molecule has 1 aliphatic carbocycles. The molecule has 176 valence electrons. The summed E-state index contributed by atoms with van der Waals surface area (Å²) >= 11 is 0. The SMILES string of the molecule is CON=C(Cc1ccccn1)C1CCC(C(=O)C2CCN(Cc3ccnc(N)c3)CC2)CC1. The minimum Gasteiger partial charge on any atom is -0.399 e. The van der Waals surface area contributed by atoms with E-state index in [2.05, 4.69) is 20.0 Å². The van der Waals surface area contributed by atoms with Crippen molar-refractivity contribution in [3.05, 3.63) is 54.0 Å². The lowest BCUT2D eigenvalue weighted by Crippen LogP contribution is -2.38. The van der Waals surface area contributed by atoms with Gasteiger partial charge in [0.1, 0.15) is 18.7 Å². The molecule has 0 bridgehead atoms. The number of carbonyl (C=O) groups is 1. The summed E-state index contributed by atoms with van der Waals surface area (Å²) in [6.07, 6.45) is 10.1. The second-order valence-corrected chi connectivity index (χ2v) is 9.35. The highest BCUT2D eigenvalue weighted by Gasteiger charge is 2.34. The van der Waals surface area contributed by atoms with Crippen LogP contribution < -0.4 is 5.73 Å². The van der Waals surface area contributed by atoms with Crippen LogP contribution in [0.4, 0.5) is 5.82 Å². The Morgan fingerprint density at radius 2 is 1.76 bits per heavy atom. The third-order valence-corrected chi connectivity index (χ3v) is 7.14. The van der Waals surface area contributed by atoms with E-state index < -0.39 is 0 Å². The van der Waals surface area contributed by atoms with Crippen molar-refractivity contribution in [2.45, 2.75) is 51.5 Å². The van der Waals surface area contributed by atoms with Crippen LogP contribution in [0.15, 0.2) is 47.9 Å². The van der Waals surface area contributed by atoms with E-state index in [4.69, 9.17) is 10.6 Å². The van der Waals surface area contributed by atoms with Gasteiger partial charge >= 0.3 is 0 Å². The van der Waals surface area contributed by atoms with E-state index >= 15 is 0 Å². The minimum atomic E-state index is 0.191. The van der Waals surface area contributed by atoms with Crippen LogP contribution in [0.25, 0.3) is 0 Å². The predicted molar refractivity (Wildman–Crippen MR) is 129 cm³/mol. The molecule has 4 rings (SSSR count). The van der Waals surface area contributed by atoms with Crippen LogP contribution in [-0.2, 0) is 22.6 Å². The Morgan fingerprint density at radius 3 is 2.42 bits per heavy atom. The molecule has 1 aliphatic heterocycles. The molecule has 2 aliphatic rings. The standard InChI is InChI=1S/C26H35N5O2/c1-33-30-24(17-23-4-2-3-12-28-23)20-5-7-21(8-6-20)26(32)22-10-14-31(15-11-22)18-19-9-13-29-25(27)16-19/h2-4,9,12-13,16,20-22H,5-8,10-11,14-15,17-18H2,1H3,(H2,27,29). The Bertz CT molecular complexity index is 933. The van der Waals surface area contributed by atoms with Crippen molar-refractivity contribution in [3.63, 3.8) is 0 Å². The maximum absolute atomic E-state index is 13.2. The van der Waals surface area contributed by atoms with Gasteiger partial charge in [0.25, 0.3) is 0 Å². The zero-order valence-electron chi connectivity index (χ0n) is 19.5. The number of nitrogens with two attached hydrogens (primary N) is 1. The van der Waals surface area contributed by atoms with Gasteiger partial charge in [-0.05, 0) is 81.4 Å². The summed E-state index contributed by atoms with van der Waals surface area (Å²) in [4.78, 5) is 29.3. The molecule has 7 heteroatoms. The summed E-state index contributed by atoms with van der Waals surface area (Å²) in [5.74, 6) is 1.80. The maximum Gasteiger partial charge on any atom is 0.139 e. The van der Waals surface area contributed by atoms with Gasteiger partial charge in [-0.2, -0.15) is 0 Å². The van der Waals surface area contributed by atoms with Crippen molar-refractivity contribution >= 4 is 17.3 Å². The van der Waals surface area contributed by atoms with Gasteiger partial charge in [-0.3, -0.25) is 14.7 Å². The number of anilines is 1. The Balaban J connectivity index is 1.25. The van der Waals surface area contributed by atoms with Gasteiger partial charge in [0.15, 0.2) is 0 Å². The van der Waals surface area contributed by atoms with E-state index in [1.807, 2.05) is 36.5 Å². The van der Waals surface area contributed by atoms with Crippen molar-refractivity contribution < 1.29 is 9.63 Å². The first-order valence-corrected chi connectivity index (χ1v) is 12.1. The van der Waals surface area contributed by atoms with E-state index in [1.165, 1.54) is 5.56 Å². The first kappa shape index (κ1) is 23.4. The topological polar surface area (TPSA) is 93.7 Å². The molecule has 2 fully saturated rings. The van der Waals surface area contributed by atoms with Crippen LogP contribution in [0.2, 0.25) is 0 Å². The number of rotatable bonds is 8. The molecule has 2 N–H and O–H groups in total. The van der Waals surface area contributed by atoms with E-state index in [-0.39, 0.29) is 11.8 Å². The van der Waals surface area contributed by atoms with Gasteiger partial charge in [-0.25, -0.2) is 4.98 Å². The summed E-state index contributed by atoms with van der Waals surface area (Å²) in [5, 5.41) is 4.33. The Hall–Kier alpha value is -2.80. The molecular weight excluding hydrogens is 414 g/mol. The van der Waals surface area contributed by atoms with Crippen LogP contribution in [0.5, 0.6) is 0 Å². The molecule has 3 heterocycles. The number of Topliss-reactive ketones (excluding diaryl/α,β-unsaturated/α-hetero) is 1. The lowest BCUT2D eigenvalue weighted by molar-refractivity contribution is -0.129. The minimum absolute atomic E-state index is 0.191. The first-order chi connectivity index (χ1) is 16.1. The van der Waals surface area contributed by atoms with Crippen LogP contribution in [0.3, 0.4) is 0 Å². The molecule has 7 nitrogen and oxygen atoms in total. The summed E-state index contributed by atoms with van der Waals surface area (Å²) in [5.41, 5.74) is 9.04. The van der Waals surface area contributed by atoms with E-state index in [1.54, 1.807) is 13.3 Å². The fourth-order valence-electron chi connectivity index (χ4n) is 5.33. The lowest BCUT2D eigenvalue weighted by atomic mass is 9.74. The number of piperidine rings is 1. The van der Waals surface area contributed by atoms with Gasteiger partial charge < -0.3 is 10.6 Å². The number of carbonyl (C=O) groups excluding carboxylic acids is 1. The molecule has 2 aromatic heterocycles. The Morgan fingerprint density at radius 1 is 1.03 bits per heavy atom. The molecule has 0 aromatic carbocycles. The second-order valence-electron chi connectivity index (χ2n) is 9.35. The fourth-order valence-corrected chi connectivity index (χ4v) is 5.33. The number of likely N-dealkylation sites (tertiary alicyclic amines) is 1. The lowest BCUT2D eigenvalue weighted by Gasteiger charge is -2.35. The number of nitrogen functional groups attached to an aromatic ring is 1. The molecule has 33 heavy (non-hydrogen) atoms. The highest BCUT2D eigenvalue weighted by molar-refractivity contribution is 5.89. The highest BCUT2D eigenvalue weighted by atomic mass is 16.6. The Kier molecular flexibility index (Phi) is 8.05. The van der Waals surface area contributed by atoms with Crippen LogP contribution in [0, 0.1) is 17.8 Å². The molecular formula is C26H35N5O2. The van der Waals surface area contributed by atoms with Crippen molar-refractivity contribution in [1.29, 1.82) is 0 Å². The van der Waals surface area contributed by atoms with Gasteiger partial charge in [0, 0.05) is 48.8 Å². The van der Waals surface area contributed by atoms with E-state index in [0.717, 1.165) is 69.6 Å². The Labute approximate surface area is 196 Å². The molecule has 1 saturated carbocycles. The number of hydrogen-bond donors (Lipinski definition) is 1. The van der Waals surface area contributed by atoms with Gasteiger partial charge in [0.05, 0.1) is 5.71 Å². The zero-order valence-corrected chi connectivity index (χ0v) is 19.5. The number of ketones is 1. The normalized spacial score (nSPS) is 22.8. The second kappa shape index (κ2) is 11.4. The largest absolute Gasteiger partial charge is 0.399 e. The maximum atomic E-state index is 13.2. The number of pyridine rings is 2. The zero-order chi connectivity index (χ0) is 23.0. The van der Waals surface area contributed by atoms with Crippen molar-refractivity contribution in [2.75, 3.05) is 25.9 Å². The smallest absolute Gasteiger partial charge is 0.139 e. The highest BCUT2D eigenvalue weighted by Crippen LogP contribution is 2.34. The number of nitrogens with zero attached hydrogens (tertiary/aromatic N) is 4. The molecule has 2 aromatic rings. The molecule has 0 amide bonds. The molecule has 0 atom stereocenters. The average molecular weight is 450 g/mol. The number of oxime groups is 1. The van der Waals surface area contributed by atoms with Crippen molar-refractivity contribution in [3.8, 4) is 0 Å². The number of hydrogen-bond acceptors (Lipinski definition) is 7.